The van der Waals surface area contributed by atoms with Gasteiger partial charge in [-0.05, 0) is 68.5 Å². The van der Waals surface area contributed by atoms with Crippen molar-refractivity contribution >= 4 is 0 Å². The van der Waals surface area contributed by atoms with E-state index in [9.17, 15) is 0 Å². The van der Waals surface area contributed by atoms with Gasteiger partial charge in [0.2, 0.25) is 0 Å². The second-order valence-corrected chi connectivity index (χ2v) is 6.69. The van der Waals surface area contributed by atoms with Crippen molar-refractivity contribution in [2.75, 3.05) is 6.54 Å². The minimum Gasteiger partial charge on any atom is -0.310 e. The molecule has 2 aliphatic carbocycles. The third kappa shape index (κ3) is 3.58. The lowest BCUT2D eigenvalue weighted by molar-refractivity contribution is 0.351. The smallest absolute Gasteiger partial charge is 0.0311 e. The Hall–Kier alpha value is -1.08. The van der Waals surface area contributed by atoms with Crippen LogP contribution in [0.15, 0.2) is 35.9 Å². The number of allylic oxidation sites excluding steroid dienone is 1. The Morgan fingerprint density at radius 3 is 2.81 bits per heavy atom. The van der Waals surface area contributed by atoms with Crippen LogP contribution in [-0.2, 0) is 12.8 Å². The summed E-state index contributed by atoms with van der Waals surface area (Å²) in [5, 5.41) is 3.81. The lowest BCUT2D eigenvalue weighted by atomic mass is 9.77. The minimum absolute atomic E-state index is 0.612. The average molecular weight is 283 g/mol. The quantitative estimate of drug-likeness (QED) is 0.792. The molecular weight excluding hydrogens is 254 g/mol. The van der Waals surface area contributed by atoms with E-state index < -0.39 is 0 Å². The molecule has 1 nitrogen and oxygen atoms in total. The largest absolute Gasteiger partial charge is 0.310 e. The number of benzene rings is 1. The normalized spacial score (nSPS) is 23.9. The zero-order valence-electron chi connectivity index (χ0n) is 13.4. The molecule has 0 bridgehead atoms. The van der Waals surface area contributed by atoms with Gasteiger partial charge < -0.3 is 5.32 Å². The number of aryl methyl sites for hydroxylation is 1. The highest BCUT2D eigenvalue weighted by atomic mass is 14.9. The minimum atomic E-state index is 0.612. The van der Waals surface area contributed by atoms with Gasteiger partial charge in [-0.15, -0.1) is 0 Å². The standard InChI is InChI=1S/C20H29N/c1-2-21-20(17-10-5-3-4-6-11-17)19-14-13-16-9-7-8-12-18(16)15-19/h7-10,12,19-21H,2-6,11,13-15H2,1H3. The first-order valence-electron chi connectivity index (χ1n) is 8.87. The number of hydrogen-bond acceptors (Lipinski definition) is 1. The molecule has 114 valence electrons. The highest BCUT2D eigenvalue weighted by molar-refractivity contribution is 5.31. The van der Waals surface area contributed by atoms with Crippen LogP contribution in [0, 0.1) is 5.92 Å². The maximum absolute atomic E-state index is 3.81. The van der Waals surface area contributed by atoms with Crippen LogP contribution in [-0.4, -0.2) is 12.6 Å². The number of fused-ring (bicyclic) bond motifs is 1. The summed E-state index contributed by atoms with van der Waals surface area (Å²) in [6, 6.07) is 9.66. The summed E-state index contributed by atoms with van der Waals surface area (Å²) in [7, 11) is 0. The zero-order chi connectivity index (χ0) is 14.5. The summed E-state index contributed by atoms with van der Waals surface area (Å²) in [6.07, 6.45) is 13.2. The molecule has 0 spiro atoms. The van der Waals surface area contributed by atoms with Gasteiger partial charge in [0.25, 0.3) is 0 Å². The molecule has 3 rings (SSSR count). The molecular formula is C20H29N. The summed E-state index contributed by atoms with van der Waals surface area (Å²) in [6.45, 7) is 3.33. The SMILES string of the molecule is CCNC(C1=CCCCCC1)C1CCc2ccccc2C1. The Morgan fingerprint density at radius 1 is 1.10 bits per heavy atom. The van der Waals surface area contributed by atoms with Crippen LogP contribution in [0.5, 0.6) is 0 Å². The highest BCUT2D eigenvalue weighted by Gasteiger charge is 2.28. The molecule has 1 aromatic carbocycles. The van der Waals surface area contributed by atoms with Crippen molar-refractivity contribution in [3.63, 3.8) is 0 Å². The fourth-order valence-electron chi connectivity index (χ4n) is 4.15. The molecule has 21 heavy (non-hydrogen) atoms. The maximum Gasteiger partial charge on any atom is 0.0311 e. The van der Waals surface area contributed by atoms with Gasteiger partial charge in [-0.25, -0.2) is 0 Å². The lowest BCUT2D eigenvalue weighted by Crippen LogP contribution is -2.40. The van der Waals surface area contributed by atoms with E-state index in [1.807, 2.05) is 0 Å². The van der Waals surface area contributed by atoms with E-state index in [1.165, 1.54) is 51.4 Å². The fourth-order valence-corrected chi connectivity index (χ4v) is 4.15. The number of likely N-dealkylation sites (N-methyl/N-ethyl adjacent to an activating group) is 1. The van der Waals surface area contributed by atoms with Crippen molar-refractivity contribution < 1.29 is 0 Å². The second kappa shape index (κ2) is 7.26. The predicted molar refractivity (Wildman–Crippen MR) is 90.6 cm³/mol. The van der Waals surface area contributed by atoms with Crippen LogP contribution in [0.3, 0.4) is 0 Å². The fraction of sp³-hybridized carbons (Fsp3) is 0.600. The molecule has 0 saturated carbocycles. The molecule has 1 N–H and O–H groups in total. The van der Waals surface area contributed by atoms with Gasteiger partial charge in [0.1, 0.15) is 0 Å². The Morgan fingerprint density at radius 2 is 1.95 bits per heavy atom. The Kier molecular flexibility index (Phi) is 5.13. The molecule has 2 unspecified atom stereocenters. The third-order valence-electron chi connectivity index (χ3n) is 5.26. The van der Waals surface area contributed by atoms with Gasteiger partial charge in [-0.1, -0.05) is 49.3 Å². The molecule has 0 fully saturated rings. The van der Waals surface area contributed by atoms with Gasteiger partial charge in [0.15, 0.2) is 0 Å². The van der Waals surface area contributed by atoms with Crippen LogP contribution in [0.25, 0.3) is 0 Å². The summed E-state index contributed by atoms with van der Waals surface area (Å²) < 4.78 is 0. The summed E-state index contributed by atoms with van der Waals surface area (Å²) in [5.41, 5.74) is 4.88. The molecule has 2 atom stereocenters. The first kappa shape index (κ1) is 14.8. The van der Waals surface area contributed by atoms with E-state index in [4.69, 9.17) is 0 Å². The summed E-state index contributed by atoms with van der Waals surface area (Å²) >= 11 is 0. The summed E-state index contributed by atoms with van der Waals surface area (Å²) in [4.78, 5) is 0. The molecule has 0 aromatic heterocycles. The molecule has 2 aliphatic rings. The van der Waals surface area contributed by atoms with Crippen LogP contribution in [0.1, 0.15) is 56.6 Å². The van der Waals surface area contributed by atoms with E-state index in [1.54, 1.807) is 16.7 Å². The van der Waals surface area contributed by atoms with E-state index in [2.05, 4.69) is 42.6 Å². The zero-order valence-corrected chi connectivity index (χ0v) is 13.4. The van der Waals surface area contributed by atoms with E-state index in [0.717, 1.165) is 12.5 Å². The topological polar surface area (TPSA) is 12.0 Å². The van der Waals surface area contributed by atoms with Crippen molar-refractivity contribution in [1.29, 1.82) is 0 Å². The third-order valence-corrected chi connectivity index (χ3v) is 5.26. The van der Waals surface area contributed by atoms with Gasteiger partial charge in [-0.3, -0.25) is 0 Å². The molecule has 0 heterocycles. The molecule has 0 saturated heterocycles. The van der Waals surface area contributed by atoms with Crippen LogP contribution in [0.2, 0.25) is 0 Å². The first-order chi connectivity index (χ1) is 10.4. The van der Waals surface area contributed by atoms with Gasteiger partial charge >= 0.3 is 0 Å². The summed E-state index contributed by atoms with van der Waals surface area (Å²) in [5.74, 6) is 0.782. The maximum atomic E-state index is 3.81. The Balaban J connectivity index is 1.77. The van der Waals surface area contributed by atoms with Crippen molar-refractivity contribution in [3.05, 3.63) is 47.0 Å². The van der Waals surface area contributed by atoms with Crippen molar-refractivity contribution in [1.82, 2.24) is 5.32 Å². The van der Waals surface area contributed by atoms with Gasteiger partial charge in [-0.2, -0.15) is 0 Å². The average Bonchev–Trinajstić information content (AvgIpc) is 2.81. The monoisotopic (exact) mass is 283 g/mol. The second-order valence-electron chi connectivity index (χ2n) is 6.69. The molecule has 1 heteroatoms. The van der Waals surface area contributed by atoms with Crippen molar-refractivity contribution in [2.24, 2.45) is 5.92 Å². The lowest BCUT2D eigenvalue weighted by Gasteiger charge is -2.34. The Bertz CT molecular complexity index is 488. The van der Waals surface area contributed by atoms with Crippen LogP contribution >= 0.6 is 0 Å². The van der Waals surface area contributed by atoms with E-state index in [0.29, 0.717) is 6.04 Å². The van der Waals surface area contributed by atoms with Crippen LogP contribution in [0.4, 0.5) is 0 Å². The first-order valence-corrected chi connectivity index (χ1v) is 8.87. The van der Waals surface area contributed by atoms with Gasteiger partial charge in [0, 0.05) is 6.04 Å². The molecule has 0 radical (unpaired) electrons. The van der Waals surface area contributed by atoms with Gasteiger partial charge in [0.05, 0.1) is 0 Å². The van der Waals surface area contributed by atoms with Crippen molar-refractivity contribution in [2.45, 2.75) is 64.3 Å². The Labute approximate surface area is 129 Å². The van der Waals surface area contributed by atoms with Crippen molar-refractivity contribution in [3.8, 4) is 0 Å². The van der Waals surface area contributed by atoms with Crippen LogP contribution < -0.4 is 5.32 Å². The number of nitrogens with one attached hydrogen (secondary N) is 1. The predicted octanol–water partition coefficient (Wildman–Crippen LogP) is 4.66. The van der Waals surface area contributed by atoms with E-state index in [-0.39, 0.29) is 0 Å². The number of rotatable bonds is 4. The molecule has 0 amide bonds. The molecule has 1 aromatic rings. The highest BCUT2D eigenvalue weighted by Crippen LogP contribution is 2.32. The van der Waals surface area contributed by atoms with E-state index >= 15 is 0 Å². The molecule has 0 aliphatic heterocycles. The number of hydrogen-bond donors (Lipinski definition) is 1.